The molecule has 2 aromatic carbocycles. The van der Waals surface area contributed by atoms with Crippen LogP contribution < -0.4 is 9.47 Å². The van der Waals surface area contributed by atoms with Crippen LogP contribution >= 0.6 is 0 Å². The molecule has 2 unspecified atom stereocenters. The van der Waals surface area contributed by atoms with Gasteiger partial charge in [-0.15, -0.1) is 0 Å². The van der Waals surface area contributed by atoms with Crippen LogP contribution in [0, 0.1) is 5.82 Å². The normalized spacial score (nSPS) is 20.5. The van der Waals surface area contributed by atoms with Gasteiger partial charge in [0.05, 0.1) is 13.2 Å². The molecule has 4 nitrogen and oxygen atoms in total. The van der Waals surface area contributed by atoms with Gasteiger partial charge in [0, 0.05) is 24.1 Å². The Labute approximate surface area is 121 Å². The number of phenols is 1. The van der Waals surface area contributed by atoms with Crippen LogP contribution in [0.3, 0.4) is 0 Å². The van der Waals surface area contributed by atoms with Crippen molar-refractivity contribution in [3.8, 4) is 17.2 Å². The summed E-state index contributed by atoms with van der Waals surface area (Å²) in [6, 6.07) is 8.94. The van der Waals surface area contributed by atoms with Crippen molar-refractivity contribution >= 4 is 0 Å². The van der Waals surface area contributed by atoms with E-state index in [4.69, 9.17) is 9.47 Å². The lowest BCUT2D eigenvalue weighted by Gasteiger charge is -2.30. The molecule has 1 heterocycles. The molecule has 5 heteroatoms. The third-order valence-corrected chi connectivity index (χ3v) is 3.56. The van der Waals surface area contributed by atoms with Gasteiger partial charge >= 0.3 is 0 Å². The lowest BCUT2D eigenvalue weighted by atomic mass is 9.94. The molecule has 0 aliphatic carbocycles. The number of aromatic hydroxyl groups is 1. The summed E-state index contributed by atoms with van der Waals surface area (Å²) in [5.41, 5.74) is 1.16. The first-order valence-corrected chi connectivity index (χ1v) is 6.59. The molecule has 0 saturated carbocycles. The van der Waals surface area contributed by atoms with Gasteiger partial charge in [0.2, 0.25) is 0 Å². The zero-order chi connectivity index (χ0) is 15.0. The summed E-state index contributed by atoms with van der Waals surface area (Å²) in [5, 5.41) is 19.7. The topological polar surface area (TPSA) is 58.9 Å². The van der Waals surface area contributed by atoms with Crippen LogP contribution in [0.2, 0.25) is 0 Å². The van der Waals surface area contributed by atoms with Crippen molar-refractivity contribution in [2.24, 2.45) is 0 Å². The highest BCUT2D eigenvalue weighted by molar-refractivity contribution is 5.44. The lowest BCUT2D eigenvalue weighted by molar-refractivity contribution is 0.0652. The van der Waals surface area contributed by atoms with Crippen LogP contribution in [0.4, 0.5) is 4.39 Å². The molecule has 0 amide bonds. The van der Waals surface area contributed by atoms with E-state index in [0.29, 0.717) is 29.0 Å². The molecule has 2 atom stereocenters. The molecule has 1 aliphatic rings. The van der Waals surface area contributed by atoms with E-state index in [1.165, 1.54) is 12.1 Å². The number of methoxy groups -OCH3 is 1. The molecule has 0 bridgehead atoms. The standard InChI is InChI=1S/C16H15FO4/c1-20-12-2-3-13-14(19)8-15(21-16(13)7-12)9-4-10(17)6-11(18)5-9/h2-7,14-15,18-19H,8H2,1H3. The number of benzene rings is 2. The summed E-state index contributed by atoms with van der Waals surface area (Å²) in [4.78, 5) is 0. The maximum Gasteiger partial charge on any atom is 0.129 e. The lowest BCUT2D eigenvalue weighted by Crippen LogP contribution is -2.19. The summed E-state index contributed by atoms with van der Waals surface area (Å²) in [6.07, 6.45) is -0.946. The first-order chi connectivity index (χ1) is 10.1. The van der Waals surface area contributed by atoms with E-state index in [2.05, 4.69) is 0 Å². The number of aliphatic hydroxyl groups is 1. The highest BCUT2D eigenvalue weighted by atomic mass is 19.1. The Balaban J connectivity index is 1.96. The number of ether oxygens (including phenoxy) is 2. The molecule has 0 radical (unpaired) electrons. The van der Waals surface area contributed by atoms with Crippen LogP contribution in [0.15, 0.2) is 36.4 Å². The minimum absolute atomic E-state index is 0.167. The highest BCUT2D eigenvalue weighted by Gasteiger charge is 2.29. The SMILES string of the molecule is COc1ccc2c(c1)OC(c1cc(O)cc(F)c1)CC2O. The van der Waals surface area contributed by atoms with Crippen molar-refractivity contribution in [3.05, 3.63) is 53.3 Å². The van der Waals surface area contributed by atoms with Gasteiger partial charge in [-0.1, -0.05) is 0 Å². The molecule has 2 aromatic rings. The van der Waals surface area contributed by atoms with Crippen LogP contribution in [-0.4, -0.2) is 17.3 Å². The number of hydrogen-bond donors (Lipinski definition) is 2. The Bertz CT molecular complexity index is 651. The second kappa shape index (κ2) is 5.26. The molecule has 21 heavy (non-hydrogen) atoms. The predicted molar refractivity (Wildman–Crippen MR) is 74.0 cm³/mol. The van der Waals surface area contributed by atoms with Gasteiger partial charge in [-0.3, -0.25) is 0 Å². The van der Waals surface area contributed by atoms with Crippen molar-refractivity contribution in [1.82, 2.24) is 0 Å². The second-order valence-electron chi connectivity index (χ2n) is 5.00. The summed E-state index contributed by atoms with van der Waals surface area (Å²) >= 11 is 0. The maximum absolute atomic E-state index is 13.4. The fourth-order valence-electron chi connectivity index (χ4n) is 2.54. The second-order valence-corrected chi connectivity index (χ2v) is 5.00. The Hall–Kier alpha value is -2.27. The van der Waals surface area contributed by atoms with Gasteiger partial charge < -0.3 is 19.7 Å². The Morgan fingerprint density at radius 2 is 2.05 bits per heavy atom. The van der Waals surface area contributed by atoms with E-state index >= 15 is 0 Å². The number of hydrogen-bond acceptors (Lipinski definition) is 4. The minimum atomic E-state index is -0.713. The van der Waals surface area contributed by atoms with Crippen LogP contribution in [0.1, 0.15) is 29.8 Å². The molecule has 1 aliphatic heterocycles. The molecule has 2 N–H and O–H groups in total. The number of aliphatic hydroxyl groups excluding tert-OH is 1. The zero-order valence-corrected chi connectivity index (χ0v) is 11.4. The molecule has 3 rings (SSSR count). The molecule has 0 spiro atoms. The van der Waals surface area contributed by atoms with E-state index in [9.17, 15) is 14.6 Å². The smallest absolute Gasteiger partial charge is 0.129 e. The average molecular weight is 290 g/mol. The van der Waals surface area contributed by atoms with Gasteiger partial charge in [0.15, 0.2) is 0 Å². The van der Waals surface area contributed by atoms with Gasteiger partial charge in [-0.25, -0.2) is 4.39 Å². The summed E-state index contributed by atoms with van der Waals surface area (Å²) in [5.74, 6) is 0.407. The number of fused-ring (bicyclic) bond motifs is 1. The monoisotopic (exact) mass is 290 g/mol. The van der Waals surface area contributed by atoms with Crippen molar-refractivity contribution < 1.29 is 24.1 Å². The number of phenolic OH excluding ortho intramolecular Hbond substituents is 1. The summed E-state index contributed by atoms with van der Waals surface area (Å²) < 4.78 is 24.4. The van der Waals surface area contributed by atoms with Gasteiger partial charge in [-0.2, -0.15) is 0 Å². The van der Waals surface area contributed by atoms with Gasteiger partial charge in [0.25, 0.3) is 0 Å². The van der Waals surface area contributed by atoms with Crippen molar-refractivity contribution in [3.63, 3.8) is 0 Å². The molecule has 0 fully saturated rings. The van der Waals surface area contributed by atoms with Crippen molar-refractivity contribution in [2.75, 3.05) is 7.11 Å². The first kappa shape index (κ1) is 13.7. The minimum Gasteiger partial charge on any atom is -0.508 e. The molecule has 110 valence electrons. The van der Waals surface area contributed by atoms with Crippen molar-refractivity contribution in [1.29, 1.82) is 0 Å². The van der Waals surface area contributed by atoms with Crippen molar-refractivity contribution in [2.45, 2.75) is 18.6 Å². The molecular formula is C16H15FO4. The Kier molecular flexibility index (Phi) is 3.43. The van der Waals surface area contributed by atoms with Crippen LogP contribution in [-0.2, 0) is 0 Å². The average Bonchev–Trinajstić information content (AvgIpc) is 2.45. The molecule has 0 aromatic heterocycles. The quantitative estimate of drug-likeness (QED) is 0.892. The third kappa shape index (κ3) is 2.64. The Morgan fingerprint density at radius 1 is 1.24 bits per heavy atom. The van der Waals surface area contributed by atoms with E-state index in [1.807, 2.05) is 0 Å². The van der Waals surface area contributed by atoms with Gasteiger partial charge in [0.1, 0.15) is 29.2 Å². The van der Waals surface area contributed by atoms with E-state index < -0.39 is 18.0 Å². The van der Waals surface area contributed by atoms with E-state index in [0.717, 1.165) is 6.07 Å². The Morgan fingerprint density at radius 3 is 2.76 bits per heavy atom. The van der Waals surface area contributed by atoms with Crippen LogP contribution in [0.5, 0.6) is 17.2 Å². The summed E-state index contributed by atoms with van der Waals surface area (Å²) in [7, 11) is 1.54. The molecular weight excluding hydrogens is 275 g/mol. The van der Waals surface area contributed by atoms with Crippen LogP contribution in [0.25, 0.3) is 0 Å². The van der Waals surface area contributed by atoms with E-state index in [1.54, 1.807) is 25.3 Å². The predicted octanol–water partition coefficient (Wildman–Crippen LogP) is 3.10. The highest BCUT2D eigenvalue weighted by Crippen LogP contribution is 2.42. The van der Waals surface area contributed by atoms with Gasteiger partial charge in [-0.05, 0) is 29.8 Å². The number of rotatable bonds is 2. The summed E-state index contributed by atoms with van der Waals surface area (Å²) in [6.45, 7) is 0. The van der Waals surface area contributed by atoms with E-state index in [-0.39, 0.29) is 5.75 Å². The fraction of sp³-hybridized carbons (Fsp3) is 0.250. The molecule has 0 saturated heterocycles. The fourth-order valence-corrected chi connectivity index (χ4v) is 2.54. The maximum atomic E-state index is 13.4. The number of halogens is 1. The zero-order valence-electron chi connectivity index (χ0n) is 11.4. The first-order valence-electron chi connectivity index (χ1n) is 6.59. The largest absolute Gasteiger partial charge is 0.508 e. The third-order valence-electron chi connectivity index (χ3n) is 3.56.